The summed E-state index contributed by atoms with van der Waals surface area (Å²) in [6, 6.07) is 0. The molecule has 0 aromatic carbocycles. The highest BCUT2D eigenvalue weighted by Crippen LogP contribution is 2.29. The smallest absolute Gasteiger partial charge is 0.254 e. The molecule has 2 aromatic rings. The fourth-order valence-corrected chi connectivity index (χ4v) is 3.75. The molecule has 2 aromatic heterocycles. The zero-order valence-corrected chi connectivity index (χ0v) is 12.7. The van der Waals surface area contributed by atoms with E-state index in [1.54, 1.807) is 11.2 Å². The summed E-state index contributed by atoms with van der Waals surface area (Å²) < 4.78 is 1.92. The zero-order chi connectivity index (χ0) is 14.2. The van der Waals surface area contributed by atoms with E-state index in [0.29, 0.717) is 0 Å². The molecule has 0 saturated carbocycles. The van der Waals surface area contributed by atoms with Gasteiger partial charge in [0.05, 0.1) is 26.2 Å². The zero-order valence-electron chi connectivity index (χ0n) is 12.7. The van der Waals surface area contributed by atoms with E-state index in [2.05, 4.69) is 26.9 Å². The molecule has 0 spiro atoms. The standard InChI is InChI=1S/C15H22N6/c1-12-13-5-8-20(10-9-19-6-3-2-4-7-19)14(13)21-15(18-12)16-11-17-21/h11H,2-10H2,1H3/p+1. The van der Waals surface area contributed by atoms with Gasteiger partial charge in [-0.1, -0.05) is 0 Å². The van der Waals surface area contributed by atoms with E-state index < -0.39 is 0 Å². The van der Waals surface area contributed by atoms with Crippen LogP contribution in [0.5, 0.6) is 0 Å². The van der Waals surface area contributed by atoms with Crippen LogP contribution in [0.15, 0.2) is 6.33 Å². The highest BCUT2D eigenvalue weighted by atomic mass is 15.4. The molecule has 2 aliphatic heterocycles. The van der Waals surface area contributed by atoms with Gasteiger partial charge in [-0.25, -0.2) is 4.98 Å². The molecule has 2 aliphatic rings. The number of aromatic nitrogens is 4. The van der Waals surface area contributed by atoms with Gasteiger partial charge < -0.3 is 9.80 Å². The minimum Gasteiger partial charge on any atom is -0.350 e. The van der Waals surface area contributed by atoms with Crippen LogP contribution in [0.3, 0.4) is 0 Å². The maximum atomic E-state index is 4.55. The number of hydrogen-bond donors (Lipinski definition) is 1. The van der Waals surface area contributed by atoms with Crippen LogP contribution in [0.2, 0.25) is 0 Å². The predicted molar refractivity (Wildman–Crippen MR) is 80.9 cm³/mol. The number of aryl methyl sites for hydroxylation is 1. The van der Waals surface area contributed by atoms with E-state index in [0.717, 1.165) is 31.0 Å². The van der Waals surface area contributed by atoms with Gasteiger partial charge in [-0.15, -0.1) is 0 Å². The molecule has 6 nitrogen and oxygen atoms in total. The maximum absolute atomic E-state index is 4.55. The predicted octanol–water partition coefficient (Wildman–Crippen LogP) is -0.136. The van der Waals surface area contributed by atoms with Crippen LogP contribution in [0.1, 0.15) is 30.5 Å². The Labute approximate surface area is 124 Å². The van der Waals surface area contributed by atoms with Gasteiger partial charge in [0, 0.05) is 17.8 Å². The van der Waals surface area contributed by atoms with Gasteiger partial charge in [0.15, 0.2) is 0 Å². The first kappa shape index (κ1) is 13.0. The fourth-order valence-electron chi connectivity index (χ4n) is 3.75. The van der Waals surface area contributed by atoms with E-state index in [1.807, 2.05) is 4.52 Å². The molecule has 112 valence electrons. The van der Waals surface area contributed by atoms with E-state index in [9.17, 15) is 0 Å². The summed E-state index contributed by atoms with van der Waals surface area (Å²) in [7, 11) is 0. The number of piperidine rings is 1. The molecule has 0 atom stereocenters. The van der Waals surface area contributed by atoms with Crippen molar-refractivity contribution in [3.63, 3.8) is 0 Å². The Bertz CT molecular complexity index is 643. The van der Waals surface area contributed by atoms with Crippen molar-refractivity contribution in [2.45, 2.75) is 32.6 Å². The molecular formula is C15H23N6+. The number of likely N-dealkylation sites (tertiary alicyclic amines) is 1. The summed E-state index contributed by atoms with van der Waals surface area (Å²) in [5.41, 5.74) is 2.46. The molecular weight excluding hydrogens is 264 g/mol. The molecule has 0 radical (unpaired) electrons. The summed E-state index contributed by atoms with van der Waals surface area (Å²) in [6.45, 7) is 8.21. The van der Waals surface area contributed by atoms with Gasteiger partial charge in [-0.3, -0.25) is 0 Å². The highest BCUT2D eigenvalue weighted by Gasteiger charge is 2.27. The third kappa shape index (κ3) is 2.27. The molecule has 4 rings (SSSR count). The number of nitrogens with one attached hydrogen (secondary N) is 1. The average Bonchev–Trinajstić information content (AvgIpc) is 3.12. The van der Waals surface area contributed by atoms with Crippen molar-refractivity contribution in [1.82, 2.24) is 19.6 Å². The molecule has 6 heteroatoms. The van der Waals surface area contributed by atoms with Crippen molar-refractivity contribution in [2.75, 3.05) is 37.6 Å². The summed E-state index contributed by atoms with van der Waals surface area (Å²) in [6.07, 6.45) is 6.89. The number of rotatable bonds is 3. The minimum atomic E-state index is 0.725. The molecule has 1 saturated heterocycles. The van der Waals surface area contributed by atoms with Crippen LogP contribution in [-0.4, -0.2) is 52.3 Å². The molecule has 0 unspecified atom stereocenters. The molecule has 0 aliphatic carbocycles. The lowest BCUT2D eigenvalue weighted by Crippen LogP contribution is -3.13. The Morgan fingerprint density at radius 2 is 2.10 bits per heavy atom. The fraction of sp³-hybridized carbons (Fsp3) is 0.667. The largest absolute Gasteiger partial charge is 0.350 e. The van der Waals surface area contributed by atoms with Crippen LogP contribution < -0.4 is 9.80 Å². The number of nitrogens with zero attached hydrogens (tertiary/aromatic N) is 5. The van der Waals surface area contributed by atoms with Crippen LogP contribution in [0.25, 0.3) is 5.78 Å². The summed E-state index contributed by atoms with van der Waals surface area (Å²) in [5.74, 6) is 1.95. The highest BCUT2D eigenvalue weighted by molar-refractivity contribution is 5.58. The third-order valence-corrected chi connectivity index (χ3v) is 4.93. The Morgan fingerprint density at radius 1 is 1.24 bits per heavy atom. The summed E-state index contributed by atoms with van der Waals surface area (Å²) in [4.78, 5) is 13.0. The van der Waals surface area contributed by atoms with Crippen LogP contribution in [0, 0.1) is 6.92 Å². The monoisotopic (exact) mass is 287 g/mol. The van der Waals surface area contributed by atoms with Crippen LogP contribution >= 0.6 is 0 Å². The first-order chi connectivity index (χ1) is 10.3. The lowest BCUT2D eigenvalue weighted by Gasteiger charge is -2.27. The van der Waals surface area contributed by atoms with E-state index in [4.69, 9.17) is 0 Å². The first-order valence-corrected chi connectivity index (χ1v) is 8.10. The number of fused-ring (bicyclic) bond motifs is 3. The second kappa shape index (κ2) is 5.26. The lowest BCUT2D eigenvalue weighted by atomic mass is 10.1. The second-order valence-electron chi connectivity index (χ2n) is 6.27. The molecule has 0 bridgehead atoms. The Morgan fingerprint density at radius 3 is 2.95 bits per heavy atom. The summed E-state index contributed by atoms with van der Waals surface area (Å²) in [5, 5.41) is 4.37. The van der Waals surface area contributed by atoms with Gasteiger partial charge >= 0.3 is 0 Å². The van der Waals surface area contributed by atoms with Crippen molar-refractivity contribution >= 4 is 11.6 Å². The van der Waals surface area contributed by atoms with Crippen LogP contribution in [-0.2, 0) is 6.42 Å². The lowest BCUT2D eigenvalue weighted by molar-refractivity contribution is -0.903. The quantitative estimate of drug-likeness (QED) is 0.854. The van der Waals surface area contributed by atoms with Crippen LogP contribution in [0.4, 0.5) is 5.82 Å². The third-order valence-electron chi connectivity index (χ3n) is 4.93. The van der Waals surface area contributed by atoms with Crippen molar-refractivity contribution in [3.8, 4) is 0 Å². The SMILES string of the molecule is Cc1nc2ncnn2c2c1CCN2CC[NH+]1CCCCC1. The van der Waals surface area contributed by atoms with E-state index >= 15 is 0 Å². The minimum absolute atomic E-state index is 0.725. The maximum Gasteiger partial charge on any atom is 0.254 e. The second-order valence-corrected chi connectivity index (χ2v) is 6.27. The normalized spacial score (nSPS) is 19.4. The molecule has 1 fully saturated rings. The van der Waals surface area contributed by atoms with Gasteiger partial charge in [0.1, 0.15) is 12.1 Å². The van der Waals surface area contributed by atoms with E-state index in [1.165, 1.54) is 50.3 Å². The average molecular weight is 287 g/mol. The first-order valence-electron chi connectivity index (χ1n) is 8.10. The summed E-state index contributed by atoms with van der Waals surface area (Å²) >= 11 is 0. The molecule has 4 heterocycles. The van der Waals surface area contributed by atoms with Crippen molar-refractivity contribution in [1.29, 1.82) is 0 Å². The Hall–Kier alpha value is -1.69. The van der Waals surface area contributed by atoms with E-state index in [-0.39, 0.29) is 0 Å². The topological polar surface area (TPSA) is 50.8 Å². The van der Waals surface area contributed by atoms with Gasteiger partial charge in [-0.05, 0) is 32.6 Å². The number of anilines is 1. The van der Waals surface area contributed by atoms with Gasteiger partial charge in [-0.2, -0.15) is 14.6 Å². The number of hydrogen-bond acceptors (Lipinski definition) is 4. The van der Waals surface area contributed by atoms with Crippen molar-refractivity contribution in [2.24, 2.45) is 0 Å². The van der Waals surface area contributed by atoms with Gasteiger partial charge in [0.2, 0.25) is 0 Å². The van der Waals surface area contributed by atoms with Gasteiger partial charge in [0.25, 0.3) is 5.78 Å². The Balaban J connectivity index is 1.57. The van der Waals surface area contributed by atoms with Crippen molar-refractivity contribution < 1.29 is 4.90 Å². The molecule has 0 amide bonds. The molecule has 1 N–H and O–H groups in total. The molecule has 21 heavy (non-hydrogen) atoms. The Kier molecular flexibility index (Phi) is 3.25. The van der Waals surface area contributed by atoms with Crippen molar-refractivity contribution in [3.05, 3.63) is 17.6 Å². The number of quaternary nitrogens is 1.